The fraction of sp³-hybridized carbons (Fsp3) is 0.333. The molecule has 3 aromatic rings. The van der Waals surface area contributed by atoms with E-state index in [4.69, 9.17) is 21.1 Å². The molecule has 186 valence electrons. The fourth-order valence-corrected chi connectivity index (χ4v) is 4.28. The molecule has 4 rings (SSSR count). The van der Waals surface area contributed by atoms with Gasteiger partial charge in [-0.3, -0.25) is 9.21 Å². The molecule has 1 aromatic heterocycles. The number of methoxy groups -OCH3 is 1. The van der Waals surface area contributed by atoms with E-state index in [1.54, 1.807) is 24.7 Å². The molecule has 35 heavy (non-hydrogen) atoms. The molecule has 1 unspecified atom stereocenters. The van der Waals surface area contributed by atoms with Crippen molar-refractivity contribution in [3.05, 3.63) is 59.2 Å². The van der Waals surface area contributed by atoms with Crippen molar-refractivity contribution in [3.8, 4) is 5.75 Å². The number of para-hydroxylation sites is 2. The third kappa shape index (κ3) is 6.40. The van der Waals surface area contributed by atoms with Crippen molar-refractivity contribution < 1.29 is 13.7 Å². The summed E-state index contributed by atoms with van der Waals surface area (Å²) in [6.45, 7) is 4.20. The average molecular weight is 517 g/mol. The minimum atomic E-state index is -1.18. The number of morpholine rings is 1. The summed E-state index contributed by atoms with van der Waals surface area (Å²) in [6.07, 6.45) is 3.15. The standard InChI is InChI=1S/C24H29ClN6O3S/c1-30(35(3)32)21-7-5-4-6-19(21)27-23-18(25)15-26-24(29-23)28-20-9-8-17(14-22(20)33-2)16-31-10-12-34-13-11-31/h4-9,14-15H,10-13,16H2,1-3H3,(H2,26,27,28,29). The Morgan fingerprint density at radius 1 is 1.17 bits per heavy atom. The van der Waals surface area contributed by atoms with Crippen LogP contribution in [-0.2, 0) is 22.3 Å². The van der Waals surface area contributed by atoms with E-state index in [0.717, 1.165) is 55.5 Å². The van der Waals surface area contributed by atoms with Gasteiger partial charge in [-0.1, -0.05) is 29.8 Å². The Balaban J connectivity index is 1.53. The van der Waals surface area contributed by atoms with Gasteiger partial charge in [0.15, 0.2) is 5.82 Å². The molecule has 9 nitrogen and oxygen atoms in total. The third-order valence-corrected chi connectivity index (χ3v) is 6.89. The van der Waals surface area contributed by atoms with E-state index in [1.165, 1.54) is 6.20 Å². The van der Waals surface area contributed by atoms with Crippen molar-refractivity contribution in [3.63, 3.8) is 0 Å². The monoisotopic (exact) mass is 516 g/mol. The maximum Gasteiger partial charge on any atom is 0.229 e. The van der Waals surface area contributed by atoms with Crippen molar-refractivity contribution in [2.75, 3.05) is 61.7 Å². The topological polar surface area (TPSA) is 91.9 Å². The highest BCUT2D eigenvalue weighted by molar-refractivity contribution is 7.85. The molecule has 1 fully saturated rings. The second-order valence-corrected chi connectivity index (χ2v) is 9.80. The molecule has 2 N–H and O–H groups in total. The maximum absolute atomic E-state index is 12.0. The maximum atomic E-state index is 12.0. The lowest BCUT2D eigenvalue weighted by Crippen LogP contribution is -2.35. The van der Waals surface area contributed by atoms with E-state index in [1.807, 2.05) is 36.4 Å². The first-order valence-corrected chi connectivity index (χ1v) is 13.0. The van der Waals surface area contributed by atoms with Crippen LogP contribution in [0.25, 0.3) is 0 Å². The van der Waals surface area contributed by atoms with Gasteiger partial charge in [0.25, 0.3) is 0 Å². The van der Waals surface area contributed by atoms with E-state index < -0.39 is 11.0 Å². The van der Waals surface area contributed by atoms with Gasteiger partial charge in [0.05, 0.1) is 43.6 Å². The van der Waals surface area contributed by atoms with Crippen LogP contribution in [0.4, 0.5) is 28.8 Å². The van der Waals surface area contributed by atoms with E-state index in [-0.39, 0.29) is 0 Å². The number of ether oxygens (including phenoxy) is 2. The minimum absolute atomic E-state index is 0.360. The molecule has 0 aliphatic carbocycles. The number of nitrogens with zero attached hydrogens (tertiary/aromatic N) is 4. The van der Waals surface area contributed by atoms with Crippen LogP contribution in [0.15, 0.2) is 48.7 Å². The number of rotatable bonds is 9. The molecular formula is C24H29ClN6O3S. The molecule has 0 radical (unpaired) electrons. The zero-order chi connectivity index (χ0) is 24.8. The van der Waals surface area contributed by atoms with Crippen LogP contribution in [-0.4, -0.2) is 65.8 Å². The highest BCUT2D eigenvalue weighted by Crippen LogP contribution is 2.33. The first kappa shape index (κ1) is 25.2. The molecule has 11 heteroatoms. The summed E-state index contributed by atoms with van der Waals surface area (Å²) >= 11 is 6.39. The Labute approximate surface area is 213 Å². The highest BCUT2D eigenvalue weighted by atomic mass is 35.5. The SMILES string of the molecule is COc1cc(CN2CCOCC2)ccc1Nc1ncc(Cl)c(Nc2ccccc2N(C)S(C)=O)n1. The number of anilines is 5. The predicted molar refractivity (Wildman–Crippen MR) is 142 cm³/mol. The van der Waals surface area contributed by atoms with Gasteiger partial charge in [-0.2, -0.15) is 4.98 Å². The minimum Gasteiger partial charge on any atom is -0.495 e. The quantitative estimate of drug-likeness (QED) is 0.437. The van der Waals surface area contributed by atoms with Gasteiger partial charge < -0.3 is 20.1 Å². The molecule has 1 atom stereocenters. The first-order chi connectivity index (χ1) is 16.9. The number of aromatic nitrogens is 2. The highest BCUT2D eigenvalue weighted by Gasteiger charge is 2.15. The number of nitrogens with one attached hydrogen (secondary N) is 2. The number of benzene rings is 2. The smallest absolute Gasteiger partial charge is 0.229 e. The third-order valence-electron chi connectivity index (χ3n) is 5.65. The van der Waals surface area contributed by atoms with E-state index >= 15 is 0 Å². The largest absolute Gasteiger partial charge is 0.495 e. The van der Waals surface area contributed by atoms with Gasteiger partial charge in [0.2, 0.25) is 5.95 Å². The summed E-state index contributed by atoms with van der Waals surface area (Å²) in [5.74, 6) is 1.48. The van der Waals surface area contributed by atoms with Gasteiger partial charge in [-0.15, -0.1) is 0 Å². The second-order valence-electron chi connectivity index (χ2n) is 8.00. The Kier molecular flexibility index (Phi) is 8.40. The molecule has 0 spiro atoms. The molecule has 1 saturated heterocycles. The van der Waals surface area contributed by atoms with Gasteiger partial charge in [0, 0.05) is 32.9 Å². The fourth-order valence-electron chi connectivity index (χ4n) is 3.71. The molecule has 1 aliphatic rings. The summed E-state index contributed by atoms with van der Waals surface area (Å²) in [5, 5.41) is 6.82. The van der Waals surface area contributed by atoms with E-state index in [9.17, 15) is 4.21 Å². The van der Waals surface area contributed by atoms with Gasteiger partial charge in [-0.05, 0) is 29.8 Å². The summed E-state index contributed by atoms with van der Waals surface area (Å²) in [4.78, 5) is 11.2. The molecule has 2 aromatic carbocycles. The molecule has 1 aliphatic heterocycles. The molecule has 0 amide bonds. The Morgan fingerprint density at radius 2 is 1.94 bits per heavy atom. The normalized spacial score (nSPS) is 14.9. The summed E-state index contributed by atoms with van der Waals surface area (Å²) < 4.78 is 24.7. The summed E-state index contributed by atoms with van der Waals surface area (Å²) in [5.41, 5.74) is 3.38. The Bertz CT molecular complexity index is 1190. The van der Waals surface area contributed by atoms with Crippen LogP contribution in [0.1, 0.15) is 5.56 Å². The second kappa shape index (κ2) is 11.7. The van der Waals surface area contributed by atoms with E-state index in [0.29, 0.717) is 22.5 Å². The van der Waals surface area contributed by atoms with Gasteiger partial charge in [-0.25, -0.2) is 9.19 Å². The van der Waals surface area contributed by atoms with Gasteiger partial charge in [0.1, 0.15) is 21.8 Å². The molecule has 2 heterocycles. The van der Waals surface area contributed by atoms with Crippen LogP contribution in [0, 0.1) is 0 Å². The van der Waals surface area contributed by atoms with Crippen LogP contribution in [0.3, 0.4) is 0 Å². The van der Waals surface area contributed by atoms with Gasteiger partial charge >= 0.3 is 0 Å². The van der Waals surface area contributed by atoms with E-state index in [2.05, 4.69) is 31.6 Å². The van der Waals surface area contributed by atoms with Crippen molar-refractivity contribution in [1.82, 2.24) is 14.9 Å². The summed E-state index contributed by atoms with van der Waals surface area (Å²) in [6, 6.07) is 13.6. The molecule has 0 saturated carbocycles. The lowest BCUT2D eigenvalue weighted by molar-refractivity contribution is 0.0342. The number of hydrogen-bond acceptors (Lipinski definition) is 8. The summed E-state index contributed by atoms with van der Waals surface area (Å²) in [7, 11) is 2.22. The molecular weight excluding hydrogens is 488 g/mol. The Morgan fingerprint density at radius 3 is 2.69 bits per heavy atom. The zero-order valence-electron chi connectivity index (χ0n) is 20.0. The van der Waals surface area contributed by atoms with Crippen molar-refractivity contribution >= 4 is 51.4 Å². The predicted octanol–water partition coefficient (Wildman–Crippen LogP) is 4.19. The number of hydrogen-bond donors (Lipinski definition) is 2. The van der Waals surface area contributed by atoms with Crippen molar-refractivity contribution in [1.29, 1.82) is 0 Å². The molecule has 0 bridgehead atoms. The lowest BCUT2D eigenvalue weighted by atomic mass is 10.1. The van der Waals surface area contributed by atoms with Crippen molar-refractivity contribution in [2.24, 2.45) is 0 Å². The van der Waals surface area contributed by atoms with Crippen LogP contribution in [0.5, 0.6) is 5.75 Å². The Hall–Kier alpha value is -2.92. The zero-order valence-corrected chi connectivity index (χ0v) is 21.5. The van der Waals surface area contributed by atoms with Crippen LogP contribution in [0.2, 0.25) is 5.02 Å². The van der Waals surface area contributed by atoms with Crippen LogP contribution >= 0.6 is 11.6 Å². The first-order valence-electron chi connectivity index (χ1n) is 11.1. The lowest BCUT2D eigenvalue weighted by Gasteiger charge is -2.26. The van der Waals surface area contributed by atoms with Crippen molar-refractivity contribution in [2.45, 2.75) is 6.54 Å². The number of halogens is 1. The average Bonchev–Trinajstić information content (AvgIpc) is 2.87. The van der Waals surface area contributed by atoms with Crippen LogP contribution < -0.4 is 19.7 Å².